The van der Waals surface area contributed by atoms with Gasteiger partial charge >= 0.3 is 0 Å². The number of rotatable bonds is 7. The number of ether oxygens (including phenoxy) is 1. The van der Waals surface area contributed by atoms with Crippen molar-refractivity contribution < 1.29 is 4.74 Å². The Kier molecular flexibility index (Phi) is 8.38. The van der Waals surface area contributed by atoms with Gasteiger partial charge in [-0.1, -0.05) is 182 Å². The summed E-state index contributed by atoms with van der Waals surface area (Å²) in [5.41, 5.74) is 13.3. The van der Waals surface area contributed by atoms with Gasteiger partial charge in [-0.25, -0.2) is 9.97 Å². The lowest BCUT2D eigenvalue weighted by molar-refractivity contribution is 0.434. The molecule has 0 fully saturated rings. The maximum absolute atomic E-state index is 6.55. The summed E-state index contributed by atoms with van der Waals surface area (Å²) in [6.45, 7) is 0. The first-order valence-electron chi connectivity index (χ1n) is 19.0. The first kappa shape index (κ1) is 33.2. The lowest BCUT2D eigenvalue weighted by Gasteiger charge is -2.41. The minimum atomic E-state index is -0.601. The fourth-order valence-corrected chi connectivity index (χ4v) is 8.21. The third kappa shape index (κ3) is 5.87. The number of benzene rings is 8. The summed E-state index contributed by atoms with van der Waals surface area (Å²) in [4.78, 5) is 10.4. The van der Waals surface area contributed by atoms with Crippen LogP contribution < -0.4 is 4.74 Å². The molecule has 0 spiro atoms. The Labute approximate surface area is 327 Å². The van der Waals surface area contributed by atoms with Crippen LogP contribution in [0.1, 0.15) is 22.3 Å². The van der Waals surface area contributed by atoms with Crippen LogP contribution in [0.2, 0.25) is 0 Å². The summed E-state index contributed by atoms with van der Waals surface area (Å²) < 4.78 is 6.55. The molecule has 0 radical (unpaired) electrons. The Morgan fingerprint density at radius 2 is 0.732 bits per heavy atom. The second-order valence-electron chi connectivity index (χ2n) is 14.1. The summed E-state index contributed by atoms with van der Waals surface area (Å²) in [6, 6.07) is 76.8. The fraction of sp³-hybridized carbons (Fsp3) is 0.0189. The molecule has 264 valence electrons. The SMILES string of the molecule is c1ccc(-c2cccc(-c3cc(-c4ccccc4)nc(-c4cccc(-c5cccc(C6(c7ccccc7)c7ccccc7Oc7ccccc76)c5)c4)n3)c2)cc1. The van der Waals surface area contributed by atoms with Gasteiger partial charge in [-0.3, -0.25) is 0 Å². The van der Waals surface area contributed by atoms with Crippen molar-refractivity contribution in [2.75, 3.05) is 0 Å². The number of fused-ring (bicyclic) bond motifs is 2. The fourth-order valence-electron chi connectivity index (χ4n) is 8.21. The van der Waals surface area contributed by atoms with Crippen molar-refractivity contribution in [3.05, 3.63) is 241 Å². The topological polar surface area (TPSA) is 35.0 Å². The minimum absolute atomic E-state index is 0.601. The third-order valence-electron chi connectivity index (χ3n) is 10.8. The van der Waals surface area contributed by atoms with Gasteiger partial charge in [0.05, 0.1) is 16.8 Å². The van der Waals surface area contributed by atoms with E-state index >= 15 is 0 Å². The Morgan fingerprint density at radius 3 is 1.39 bits per heavy atom. The molecule has 3 nitrogen and oxygen atoms in total. The van der Waals surface area contributed by atoms with Crippen LogP contribution >= 0.6 is 0 Å². The van der Waals surface area contributed by atoms with Gasteiger partial charge in [-0.2, -0.15) is 0 Å². The van der Waals surface area contributed by atoms with E-state index in [9.17, 15) is 0 Å². The average molecular weight is 717 g/mol. The van der Waals surface area contributed by atoms with Gasteiger partial charge in [-0.05, 0) is 69.8 Å². The van der Waals surface area contributed by atoms with E-state index in [2.05, 4.69) is 194 Å². The Hall–Kier alpha value is -7.36. The second-order valence-corrected chi connectivity index (χ2v) is 14.1. The van der Waals surface area contributed by atoms with Crippen LogP contribution in [0.4, 0.5) is 0 Å². The average Bonchev–Trinajstić information content (AvgIpc) is 3.29. The van der Waals surface area contributed by atoms with Gasteiger partial charge in [0, 0.05) is 27.8 Å². The van der Waals surface area contributed by atoms with E-state index in [1.54, 1.807) is 0 Å². The summed E-state index contributed by atoms with van der Waals surface area (Å²) >= 11 is 0. The van der Waals surface area contributed by atoms with E-state index in [-0.39, 0.29) is 0 Å². The predicted octanol–water partition coefficient (Wildman–Crippen LogP) is 13.3. The molecule has 0 saturated heterocycles. The molecule has 0 amide bonds. The molecule has 0 atom stereocenters. The zero-order valence-electron chi connectivity index (χ0n) is 30.6. The summed E-state index contributed by atoms with van der Waals surface area (Å²) in [5.74, 6) is 2.41. The van der Waals surface area contributed by atoms with E-state index in [1.165, 1.54) is 11.1 Å². The standard InChI is InChI=1S/C53H36N2O/c1-4-17-37(18-5-1)39-21-14-24-42(33-39)49-36-48(38-19-6-2-7-20-38)54-52(55-49)43-25-15-22-40(34-43)41-23-16-28-45(35-41)53(44-26-8-3-9-27-44)46-29-10-12-31-50(46)56-51-32-13-11-30-47(51)53/h1-36H. The molecular formula is C53H36N2O. The zero-order chi connectivity index (χ0) is 37.3. The van der Waals surface area contributed by atoms with E-state index in [0.29, 0.717) is 5.82 Å². The van der Waals surface area contributed by atoms with Crippen LogP contribution in [0.5, 0.6) is 11.5 Å². The highest BCUT2D eigenvalue weighted by molar-refractivity contribution is 5.78. The molecule has 8 aromatic carbocycles. The summed E-state index contributed by atoms with van der Waals surface area (Å²) in [6.07, 6.45) is 0. The van der Waals surface area contributed by atoms with Crippen LogP contribution in [0.15, 0.2) is 218 Å². The predicted molar refractivity (Wildman–Crippen MR) is 228 cm³/mol. The van der Waals surface area contributed by atoms with Crippen molar-refractivity contribution in [1.82, 2.24) is 9.97 Å². The molecular weight excluding hydrogens is 681 g/mol. The van der Waals surface area contributed by atoms with Crippen LogP contribution in [-0.4, -0.2) is 9.97 Å². The molecule has 1 aliphatic heterocycles. The molecule has 10 rings (SSSR count). The van der Waals surface area contributed by atoms with Crippen molar-refractivity contribution in [3.63, 3.8) is 0 Å². The van der Waals surface area contributed by atoms with E-state index in [1.807, 2.05) is 24.3 Å². The Morgan fingerprint density at radius 1 is 0.304 bits per heavy atom. The maximum atomic E-state index is 6.55. The number of hydrogen-bond donors (Lipinski definition) is 0. The molecule has 1 aliphatic rings. The minimum Gasteiger partial charge on any atom is -0.457 e. The van der Waals surface area contributed by atoms with Crippen molar-refractivity contribution in [1.29, 1.82) is 0 Å². The molecule has 0 bridgehead atoms. The molecule has 1 aromatic heterocycles. The van der Waals surface area contributed by atoms with Gasteiger partial charge in [-0.15, -0.1) is 0 Å². The van der Waals surface area contributed by atoms with E-state index in [4.69, 9.17) is 14.7 Å². The largest absolute Gasteiger partial charge is 0.457 e. The number of para-hydroxylation sites is 2. The van der Waals surface area contributed by atoms with Gasteiger partial charge in [0.1, 0.15) is 11.5 Å². The highest BCUT2D eigenvalue weighted by Crippen LogP contribution is 2.55. The number of hydrogen-bond acceptors (Lipinski definition) is 3. The van der Waals surface area contributed by atoms with Crippen molar-refractivity contribution in [2.24, 2.45) is 0 Å². The van der Waals surface area contributed by atoms with E-state index in [0.717, 1.165) is 73.0 Å². The van der Waals surface area contributed by atoms with Gasteiger partial charge in [0.25, 0.3) is 0 Å². The quantitative estimate of drug-likeness (QED) is 0.165. The van der Waals surface area contributed by atoms with E-state index < -0.39 is 5.41 Å². The number of aromatic nitrogens is 2. The van der Waals surface area contributed by atoms with Gasteiger partial charge in [0.15, 0.2) is 5.82 Å². The Balaban J connectivity index is 1.12. The zero-order valence-corrected chi connectivity index (χ0v) is 30.6. The van der Waals surface area contributed by atoms with Crippen molar-refractivity contribution in [2.45, 2.75) is 5.41 Å². The maximum Gasteiger partial charge on any atom is 0.160 e. The summed E-state index contributed by atoms with van der Waals surface area (Å²) in [5, 5.41) is 0. The molecule has 0 aliphatic carbocycles. The third-order valence-corrected chi connectivity index (χ3v) is 10.8. The molecule has 3 heteroatoms. The lowest BCUT2D eigenvalue weighted by atomic mass is 9.63. The van der Waals surface area contributed by atoms with Crippen LogP contribution in [0.3, 0.4) is 0 Å². The molecule has 0 saturated carbocycles. The summed E-state index contributed by atoms with van der Waals surface area (Å²) in [7, 11) is 0. The smallest absolute Gasteiger partial charge is 0.160 e. The second kappa shape index (κ2) is 14.1. The lowest BCUT2D eigenvalue weighted by Crippen LogP contribution is -2.34. The monoisotopic (exact) mass is 716 g/mol. The molecule has 2 heterocycles. The molecule has 56 heavy (non-hydrogen) atoms. The molecule has 9 aromatic rings. The van der Waals surface area contributed by atoms with Crippen molar-refractivity contribution >= 4 is 0 Å². The van der Waals surface area contributed by atoms with Crippen LogP contribution in [0.25, 0.3) is 56.2 Å². The van der Waals surface area contributed by atoms with Crippen LogP contribution in [0, 0.1) is 0 Å². The van der Waals surface area contributed by atoms with Crippen molar-refractivity contribution in [3.8, 4) is 67.7 Å². The Bertz CT molecular complexity index is 2790. The number of nitrogens with zero attached hydrogens (tertiary/aromatic N) is 2. The van der Waals surface area contributed by atoms with Gasteiger partial charge in [0.2, 0.25) is 0 Å². The first-order chi connectivity index (χ1) is 27.7. The van der Waals surface area contributed by atoms with Crippen LogP contribution in [-0.2, 0) is 5.41 Å². The molecule has 0 unspecified atom stereocenters. The van der Waals surface area contributed by atoms with Gasteiger partial charge < -0.3 is 4.74 Å². The molecule has 0 N–H and O–H groups in total. The normalized spacial score (nSPS) is 12.6. The highest BCUT2D eigenvalue weighted by Gasteiger charge is 2.45. The first-order valence-corrected chi connectivity index (χ1v) is 19.0. The highest BCUT2D eigenvalue weighted by atomic mass is 16.5.